The normalized spacial score (nSPS) is 10.4. The Hall–Kier alpha value is -1.80. The van der Waals surface area contributed by atoms with E-state index < -0.39 is 11.8 Å². The van der Waals surface area contributed by atoms with Crippen LogP contribution in [0, 0.1) is 27.7 Å². The molecule has 0 spiro atoms. The fourth-order valence-corrected chi connectivity index (χ4v) is 2.98. The summed E-state index contributed by atoms with van der Waals surface area (Å²) in [4.78, 5) is 33.8. The lowest BCUT2D eigenvalue weighted by atomic mass is 10.4. The standard InChI is InChI=1S/C12H14N4O2S2/c1-5-7(3)19-11(13-5)15-9(17)10(18)16-12-14-6(2)8(4)20-12/h1-4H3,(H,13,15,17)(H,14,16,18). The number of carbonyl (C=O) groups excluding carboxylic acids is 2. The van der Waals surface area contributed by atoms with Crippen molar-refractivity contribution in [2.24, 2.45) is 0 Å². The van der Waals surface area contributed by atoms with Gasteiger partial charge in [0, 0.05) is 9.75 Å². The second-order valence-corrected chi connectivity index (χ2v) is 6.64. The SMILES string of the molecule is Cc1nc(NC(=O)C(=O)Nc2nc(C)c(C)s2)sc1C. The van der Waals surface area contributed by atoms with Gasteiger partial charge in [-0.1, -0.05) is 0 Å². The summed E-state index contributed by atoms with van der Waals surface area (Å²) in [5.74, 6) is -1.49. The lowest BCUT2D eigenvalue weighted by molar-refractivity contribution is -0.133. The summed E-state index contributed by atoms with van der Waals surface area (Å²) >= 11 is 2.67. The Morgan fingerprint density at radius 2 is 1.15 bits per heavy atom. The zero-order chi connectivity index (χ0) is 14.9. The zero-order valence-electron chi connectivity index (χ0n) is 11.5. The van der Waals surface area contributed by atoms with Crippen LogP contribution >= 0.6 is 22.7 Å². The predicted molar refractivity (Wildman–Crippen MR) is 80.4 cm³/mol. The molecule has 2 N–H and O–H groups in total. The van der Waals surface area contributed by atoms with Gasteiger partial charge in [0.1, 0.15) is 0 Å². The molecule has 106 valence electrons. The molecular weight excluding hydrogens is 296 g/mol. The average molecular weight is 310 g/mol. The summed E-state index contributed by atoms with van der Waals surface area (Å²) in [5.41, 5.74) is 1.69. The highest BCUT2D eigenvalue weighted by atomic mass is 32.1. The van der Waals surface area contributed by atoms with Crippen LogP contribution in [0.5, 0.6) is 0 Å². The number of amides is 2. The van der Waals surface area contributed by atoms with E-state index in [1.165, 1.54) is 22.7 Å². The van der Waals surface area contributed by atoms with E-state index in [2.05, 4.69) is 20.6 Å². The van der Waals surface area contributed by atoms with Gasteiger partial charge < -0.3 is 0 Å². The fourth-order valence-electron chi connectivity index (χ4n) is 1.36. The van der Waals surface area contributed by atoms with E-state index in [9.17, 15) is 9.59 Å². The Balaban J connectivity index is 2.00. The van der Waals surface area contributed by atoms with Crippen LogP contribution < -0.4 is 10.6 Å². The number of thiazole rings is 2. The third-order valence-electron chi connectivity index (χ3n) is 2.70. The number of hydrogen-bond donors (Lipinski definition) is 2. The predicted octanol–water partition coefficient (Wildman–Crippen LogP) is 2.41. The van der Waals surface area contributed by atoms with Gasteiger partial charge in [0.25, 0.3) is 0 Å². The van der Waals surface area contributed by atoms with Crippen LogP contribution in [0.4, 0.5) is 10.3 Å². The van der Waals surface area contributed by atoms with Crippen molar-refractivity contribution in [3.05, 3.63) is 21.1 Å². The second-order valence-electron chi connectivity index (χ2n) is 4.23. The van der Waals surface area contributed by atoms with E-state index in [1.54, 1.807) is 0 Å². The average Bonchev–Trinajstić information content (AvgIpc) is 2.83. The Labute approximate surface area is 124 Å². The molecule has 0 aliphatic heterocycles. The van der Waals surface area contributed by atoms with Gasteiger partial charge in [-0.05, 0) is 27.7 Å². The van der Waals surface area contributed by atoms with Crippen molar-refractivity contribution in [1.29, 1.82) is 0 Å². The molecule has 2 aromatic heterocycles. The van der Waals surface area contributed by atoms with Crippen molar-refractivity contribution < 1.29 is 9.59 Å². The molecule has 0 unspecified atom stereocenters. The van der Waals surface area contributed by atoms with Gasteiger partial charge in [-0.2, -0.15) is 0 Å². The molecular formula is C12H14N4O2S2. The lowest BCUT2D eigenvalue weighted by Gasteiger charge is -2.01. The first-order valence-corrected chi connectivity index (χ1v) is 7.50. The summed E-state index contributed by atoms with van der Waals surface area (Å²) in [6, 6.07) is 0. The molecule has 8 heteroatoms. The third-order valence-corrected chi connectivity index (χ3v) is 4.68. The van der Waals surface area contributed by atoms with E-state index in [-0.39, 0.29) is 0 Å². The van der Waals surface area contributed by atoms with Crippen molar-refractivity contribution >= 4 is 44.8 Å². The number of carbonyl (C=O) groups is 2. The molecule has 0 radical (unpaired) electrons. The van der Waals surface area contributed by atoms with E-state index in [1.807, 2.05) is 27.7 Å². The van der Waals surface area contributed by atoms with E-state index in [0.717, 1.165) is 21.1 Å². The molecule has 2 heterocycles. The quantitative estimate of drug-likeness (QED) is 0.834. The largest absolute Gasteiger partial charge is 0.315 e. The molecule has 0 aliphatic rings. The molecule has 0 bridgehead atoms. The van der Waals surface area contributed by atoms with Crippen LogP contribution in [-0.2, 0) is 9.59 Å². The molecule has 20 heavy (non-hydrogen) atoms. The minimum Gasteiger partial charge on any atom is -0.294 e. The van der Waals surface area contributed by atoms with Gasteiger partial charge in [0.15, 0.2) is 10.3 Å². The maximum absolute atomic E-state index is 11.7. The summed E-state index contributed by atoms with van der Waals surface area (Å²) < 4.78 is 0. The highest BCUT2D eigenvalue weighted by Crippen LogP contribution is 2.22. The number of rotatable bonds is 2. The van der Waals surface area contributed by atoms with Gasteiger partial charge in [0.2, 0.25) is 0 Å². The van der Waals surface area contributed by atoms with Crippen LogP contribution in [0.25, 0.3) is 0 Å². The first kappa shape index (κ1) is 14.6. The lowest BCUT2D eigenvalue weighted by Crippen LogP contribution is -2.29. The summed E-state index contributed by atoms with van der Waals surface area (Å²) in [7, 11) is 0. The first-order chi connectivity index (χ1) is 9.36. The van der Waals surface area contributed by atoms with Crippen LogP contribution in [0.3, 0.4) is 0 Å². The number of nitrogens with one attached hydrogen (secondary N) is 2. The number of aryl methyl sites for hydroxylation is 4. The maximum Gasteiger partial charge on any atom is 0.315 e. The number of anilines is 2. The van der Waals surface area contributed by atoms with E-state index >= 15 is 0 Å². The summed E-state index contributed by atoms with van der Waals surface area (Å²) in [6.45, 7) is 7.51. The Morgan fingerprint density at radius 3 is 1.40 bits per heavy atom. The monoisotopic (exact) mass is 310 g/mol. The molecule has 6 nitrogen and oxygen atoms in total. The second kappa shape index (κ2) is 5.68. The summed E-state index contributed by atoms with van der Waals surface area (Å²) in [5, 5.41) is 5.80. The molecule has 2 rings (SSSR count). The molecule has 2 amide bonds. The van der Waals surface area contributed by atoms with Gasteiger partial charge in [-0.15, -0.1) is 22.7 Å². The topological polar surface area (TPSA) is 84.0 Å². The van der Waals surface area contributed by atoms with Crippen molar-refractivity contribution in [1.82, 2.24) is 9.97 Å². The molecule has 0 aliphatic carbocycles. The molecule has 0 aromatic carbocycles. The van der Waals surface area contributed by atoms with Gasteiger partial charge in [-0.3, -0.25) is 20.2 Å². The third kappa shape index (κ3) is 3.20. The Kier molecular flexibility index (Phi) is 4.15. The van der Waals surface area contributed by atoms with Gasteiger partial charge in [0.05, 0.1) is 11.4 Å². The molecule has 2 aromatic rings. The van der Waals surface area contributed by atoms with Gasteiger partial charge >= 0.3 is 11.8 Å². The smallest absolute Gasteiger partial charge is 0.294 e. The van der Waals surface area contributed by atoms with Gasteiger partial charge in [-0.25, -0.2) is 9.97 Å². The highest BCUT2D eigenvalue weighted by molar-refractivity contribution is 7.16. The molecule has 0 atom stereocenters. The number of nitrogens with zero attached hydrogens (tertiary/aromatic N) is 2. The van der Waals surface area contributed by atoms with Crippen molar-refractivity contribution in [3.8, 4) is 0 Å². The van der Waals surface area contributed by atoms with E-state index in [4.69, 9.17) is 0 Å². The van der Waals surface area contributed by atoms with Crippen LogP contribution in [-0.4, -0.2) is 21.8 Å². The Morgan fingerprint density at radius 1 is 0.800 bits per heavy atom. The van der Waals surface area contributed by atoms with E-state index in [0.29, 0.717) is 10.3 Å². The van der Waals surface area contributed by atoms with Crippen molar-refractivity contribution in [3.63, 3.8) is 0 Å². The Bertz CT molecular complexity index is 578. The summed E-state index contributed by atoms with van der Waals surface area (Å²) in [6.07, 6.45) is 0. The number of hydrogen-bond acceptors (Lipinski definition) is 6. The van der Waals surface area contributed by atoms with Crippen LogP contribution in [0.2, 0.25) is 0 Å². The molecule has 0 saturated heterocycles. The molecule has 0 fully saturated rings. The highest BCUT2D eigenvalue weighted by Gasteiger charge is 2.18. The van der Waals surface area contributed by atoms with Crippen molar-refractivity contribution in [2.45, 2.75) is 27.7 Å². The number of aromatic nitrogens is 2. The first-order valence-electron chi connectivity index (χ1n) is 5.87. The van der Waals surface area contributed by atoms with Crippen molar-refractivity contribution in [2.75, 3.05) is 10.6 Å². The van der Waals surface area contributed by atoms with Crippen LogP contribution in [0.15, 0.2) is 0 Å². The fraction of sp³-hybridized carbons (Fsp3) is 0.333. The minimum atomic E-state index is -0.746. The minimum absolute atomic E-state index is 0.423. The molecule has 0 saturated carbocycles. The zero-order valence-corrected chi connectivity index (χ0v) is 13.2. The van der Waals surface area contributed by atoms with Crippen LogP contribution in [0.1, 0.15) is 21.1 Å². The maximum atomic E-state index is 11.7.